The number of amides is 1. The predicted octanol–water partition coefficient (Wildman–Crippen LogP) is 1.71. The first kappa shape index (κ1) is 12.0. The molecule has 1 aromatic heterocycles. The van der Waals surface area contributed by atoms with Crippen LogP contribution >= 0.6 is 11.6 Å². The molecule has 0 saturated carbocycles. The zero-order valence-corrected chi connectivity index (χ0v) is 9.79. The predicted molar refractivity (Wildman–Crippen MR) is 59.8 cm³/mol. The zero-order chi connectivity index (χ0) is 11.3. The second kappa shape index (κ2) is 5.75. The van der Waals surface area contributed by atoms with Gasteiger partial charge >= 0.3 is 0 Å². The Kier molecular flexibility index (Phi) is 4.62. The smallest absolute Gasteiger partial charge is 0.242 e. The lowest BCUT2D eigenvalue weighted by Gasteiger charge is -2.15. The van der Waals surface area contributed by atoms with Gasteiger partial charge in [0.15, 0.2) is 0 Å². The molecule has 0 saturated heterocycles. The Hall–Kier alpha value is -1.03. The van der Waals surface area contributed by atoms with Crippen LogP contribution < -0.4 is 5.32 Å². The number of nitrogens with one attached hydrogen (secondary N) is 1. The van der Waals surface area contributed by atoms with Crippen LogP contribution in [0.4, 0.5) is 0 Å². The van der Waals surface area contributed by atoms with Gasteiger partial charge in [-0.15, -0.1) is 11.6 Å². The minimum absolute atomic E-state index is 0.00113. The number of aromatic nitrogens is 2. The van der Waals surface area contributed by atoms with Crippen LogP contribution in [-0.4, -0.2) is 22.0 Å². The summed E-state index contributed by atoms with van der Waals surface area (Å²) in [5.41, 5.74) is 0.857. The fourth-order valence-electron chi connectivity index (χ4n) is 1.31. The summed E-state index contributed by atoms with van der Waals surface area (Å²) in [4.78, 5) is 15.6. The Morgan fingerprint density at radius 1 is 1.73 bits per heavy atom. The van der Waals surface area contributed by atoms with Crippen molar-refractivity contribution in [2.75, 3.05) is 6.54 Å². The number of rotatable bonds is 5. The summed E-state index contributed by atoms with van der Waals surface area (Å²) >= 11 is 5.73. The van der Waals surface area contributed by atoms with Gasteiger partial charge in [-0.25, -0.2) is 4.98 Å². The van der Waals surface area contributed by atoms with E-state index in [-0.39, 0.29) is 11.9 Å². The molecule has 0 bridgehead atoms. The highest BCUT2D eigenvalue weighted by Crippen LogP contribution is 2.11. The standard InChI is InChI=1S/C10H16ClN3O/c1-3-4-13-10(15)8(2)14-7-12-6-9(14)5-11/h6-8H,3-5H2,1-2H3,(H,13,15). The van der Waals surface area contributed by atoms with Gasteiger partial charge in [0.05, 0.1) is 17.9 Å². The van der Waals surface area contributed by atoms with Gasteiger partial charge in [0.2, 0.25) is 5.91 Å². The molecule has 0 aliphatic carbocycles. The van der Waals surface area contributed by atoms with E-state index in [0.717, 1.165) is 12.1 Å². The third-order valence-corrected chi connectivity index (χ3v) is 2.50. The molecule has 0 aliphatic heterocycles. The minimum Gasteiger partial charge on any atom is -0.354 e. The lowest BCUT2D eigenvalue weighted by molar-refractivity contribution is -0.123. The highest BCUT2D eigenvalue weighted by Gasteiger charge is 2.16. The van der Waals surface area contributed by atoms with Crippen LogP contribution in [0.2, 0.25) is 0 Å². The molecule has 5 heteroatoms. The molecule has 84 valence electrons. The average molecular weight is 230 g/mol. The molecule has 0 radical (unpaired) electrons. The van der Waals surface area contributed by atoms with Crippen LogP contribution in [0, 0.1) is 0 Å². The molecule has 0 aliphatic rings. The number of hydrogen-bond donors (Lipinski definition) is 1. The van der Waals surface area contributed by atoms with Crippen molar-refractivity contribution in [3.63, 3.8) is 0 Å². The highest BCUT2D eigenvalue weighted by molar-refractivity contribution is 6.16. The summed E-state index contributed by atoms with van der Waals surface area (Å²) in [6, 6.07) is -0.257. The van der Waals surface area contributed by atoms with Crippen molar-refractivity contribution in [2.24, 2.45) is 0 Å². The minimum atomic E-state index is -0.257. The largest absolute Gasteiger partial charge is 0.354 e. The zero-order valence-electron chi connectivity index (χ0n) is 9.03. The number of alkyl halides is 1. The Morgan fingerprint density at radius 2 is 2.47 bits per heavy atom. The van der Waals surface area contributed by atoms with E-state index < -0.39 is 0 Å². The summed E-state index contributed by atoms with van der Waals surface area (Å²) < 4.78 is 1.79. The Balaban J connectivity index is 2.67. The van der Waals surface area contributed by atoms with Crippen LogP contribution in [0.15, 0.2) is 12.5 Å². The Labute approximate surface area is 94.6 Å². The van der Waals surface area contributed by atoms with Crippen molar-refractivity contribution in [3.8, 4) is 0 Å². The molecular weight excluding hydrogens is 214 g/mol. The highest BCUT2D eigenvalue weighted by atomic mass is 35.5. The van der Waals surface area contributed by atoms with Crippen molar-refractivity contribution in [1.29, 1.82) is 0 Å². The van der Waals surface area contributed by atoms with Gasteiger partial charge in [0.25, 0.3) is 0 Å². The van der Waals surface area contributed by atoms with Crippen molar-refractivity contribution in [2.45, 2.75) is 32.2 Å². The van der Waals surface area contributed by atoms with E-state index in [2.05, 4.69) is 10.3 Å². The number of carbonyl (C=O) groups excluding carboxylic acids is 1. The number of hydrogen-bond acceptors (Lipinski definition) is 2. The molecule has 1 N–H and O–H groups in total. The second-order valence-electron chi connectivity index (χ2n) is 3.39. The van der Waals surface area contributed by atoms with Crippen molar-refractivity contribution >= 4 is 17.5 Å². The summed E-state index contributed by atoms with van der Waals surface area (Å²) in [6.07, 6.45) is 4.25. The van der Waals surface area contributed by atoms with Gasteiger partial charge in [-0.1, -0.05) is 6.92 Å². The molecule has 1 unspecified atom stereocenters. The first-order valence-corrected chi connectivity index (χ1v) is 5.58. The Morgan fingerprint density at radius 3 is 3.07 bits per heavy atom. The maximum absolute atomic E-state index is 11.7. The van der Waals surface area contributed by atoms with E-state index in [1.807, 2.05) is 13.8 Å². The quantitative estimate of drug-likeness (QED) is 0.782. The summed E-state index contributed by atoms with van der Waals surface area (Å²) in [5, 5.41) is 2.84. The van der Waals surface area contributed by atoms with Crippen molar-refractivity contribution in [1.82, 2.24) is 14.9 Å². The van der Waals surface area contributed by atoms with E-state index in [0.29, 0.717) is 12.4 Å². The fourth-order valence-corrected chi connectivity index (χ4v) is 1.51. The van der Waals surface area contributed by atoms with Crippen LogP contribution in [0.5, 0.6) is 0 Å². The molecule has 4 nitrogen and oxygen atoms in total. The lowest BCUT2D eigenvalue weighted by Crippen LogP contribution is -2.31. The van der Waals surface area contributed by atoms with E-state index in [9.17, 15) is 4.79 Å². The van der Waals surface area contributed by atoms with Crippen LogP contribution in [0.1, 0.15) is 32.0 Å². The third-order valence-electron chi connectivity index (χ3n) is 2.23. The van der Waals surface area contributed by atoms with Gasteiger partial charge in [0.1, 0.15) is 6.04 Å². The molecule has 0 aromatic carbocycles. The van der Waals surface area contributed by atoms with Gasteiger partial charge in [0, 0.05) is 12.7 Å². The fraction of sp³-hybridized carbons (Fsp3) is 0.600. The molecule has 0 spiro atoms. The van der Waals surface area contributed by atoms with Crippen LogP contribution in [0.25, 0.3) is 0 Å². The molecular formula is C10H16ClN3O. The van der Waals surface area contributed by atoms with Gasteiger partial charge < -0.3 is 9.88 Å². The summed E-state index contributed by atoms with van der Waals surface area (Å²) in [5.74, 6) is 0.368. The van der Waals surface area contributed by atoms with Crippen LogP contribution in [0.3, 0.4) is 0 Å². The van der Waals surface area contributed by atoms with Gasteiger partial charge in [-0.3, -0.25) is 4.79 Å². The lowest BCUT2D eigenvalue weighted by atomic mass is 10.3. The number of nitrogens with zero attached hydrogens (tertiary/aromatic N) is 2. The number of imidazole rings is 1. The third kappa shape index (κ3) is 2.96. The molecule has 1 amide bonds. The monoisotopic (exact) mass is 229 g/mol. The van der Waals surface area contributed by atoms with Crippen molar-refractivity contribution < 1.29 is 4.79 Å². The van der Waals surface area contributed by atoms with Crippen molar-refractivity contribution in [3.05, 3.63) is 18.2 Å². The molecule has 1 rings (SSSR count). The molecule has 1 aromatic rings. The Bertz CT molecular complexity index is 324. The molecule has 1 atom stereocenters. The molecule has 1 heterocycles. The summed E-state index contributed by atoms with van der Waals surface area (Å²) in [6.45, 7) is 4.56. The first-order chi connectivity index (χ1) is 7.20. The maximum Gasteiger partial charge on any atom is 0.242 e. The molecule has 0 fully saturated rings. The van der Waals surface area contributed by atoms with E-state index in [4.69, 9.17) is 11.6 Å². The van der Waals surface area contributed by atoms with Gasteiger partial charge in [-0.2, -0.15) is 0 Å². The van der Waals surface area contributed by atoms with E-state index in [1.165, 1.54) is 0 Å². The SMILES string of the molecule is CCCNC(=O)C(C)n1cncc1CCl. The maximum atomic E-state index is 11.7. The first-order valence-electron chi connectivity index (χ1n) is 5.05. The topological polar surface area (TPSA) is 46.9 Å². The van der Waals surface area contributed by atoms with Crippen LogP contribution in [-0.2, 0) is 10.7 Å². The summed E-state index contributed by atoms with van der Waals surface area (Å²) in [7, 11) is 0. The number of halogens is 1. The average Bonchev–Trinajstić information content (AvgIpc) is 2.72. The molecule has 15 heavy (non-hydrogen) atoms. The van der Waals surface area contributed by atoms with E-state index in [1.54, 1.807) is 17.1 Å². The normalized spacial score (nSPS) is 12.5. The second-order valence-corrected chi connectivity index (χ2v) is 3.66. The van der Waals surface area contributed by atoms with Gasteiger partial charge in [-0.05, 0) is 13.3 Å². The van der Waals surface area contributed by atoms with E-state index >= 15 is 0 Å². The number of carbonyl (C=O) groups is 1.